The lowest BCUT2D eigenvalue weighted by Gasteiger charge is -2.03. The van der Waals surface area contributed by atoms with Gasteiger partial charge < -0.3 is 5.32 Å². The average molecular weight is 262 g/mol. The largest absolute Gasteiger partial charge is 0.370 e. The van der Waals surface area contributed by atoms with Crippen LogP contribution in [0.3, 0.4) is 0 Å². The van der Waals surface area contributed by atoms with E-state index in [1.165, 1.54) is 5.75 Å². The summed E-state index contributed by atoms with van der Waals surface area (Å²) in [6, 6.07) is 1.87. The van der Waals surface area contributed by atoms with E-state index in [2.05, 4.69) is 37.5 Å². The Labute approximate surface area is 90.9 Å². The third-order valence-electron chi connectivity index (χ3n) is 1.47. The Balaban J connectivity index is 2.28. The molecule has 0 aliphatic carbocycles. The topological polar surface area (TPSA) is 37.8 Å². The summed E-state index contributed by atoms with van der Waals surface area (Å²) >= 11 is 5.15. The van der Waals surface area contributed by atoms with Gasteiger partial charge in [0.05, 0.1) is 0 Å². The maximum atomic E-state index is 4.08. The van der Waals surface area contributed by atoms with Crippen LogP contribution in [-0.4, -0.2) is 28.5 Å². The van der Waals surface area contributed by atoms with Gasteiger partial charge in [0.15, 0.2) is 0 Å². The van der Waals surface area contributed by atoms with Crippen molar-refractivity contribution < 1.29 is 0 Å². The number of anilines is 1. The Morgan fingerprint density at radius 3 is 3.08 bits per heavy atom. The minimum absolute atomic E-state index is 0.815. The number of hydrogen-bond donors (Lipinski definition) is 1. The molecule has 0 radical (unpaired) electrons. The molecule has 0 spiro atoms. The second-order valence-electron chi connectivity index (χ2n) is 2.50. The van der Waals surface area contributed by atoms with Gasteiger partial charge in [-0.25, -0.2) is 9.97 Å². The van der Waals surface area contributed by atoms with E-state index in [1.54, 1.807) is 6.33 Å². The summed E-state index contributed by atoms with van der Waals surface area (Å²) in [6.07, 6.45) is 4.81. The van der Waals surface area contributed by atoms with Gasteiger partial charge in [0, 0.05) is 12.6 Å². The van der Waals surface area contributed by atoms with Crippen LogP contribution in [-0.2, 0) is 0 Å². The van der Waals surface area contributed by atoms with E-state index in [9.17, 15) is 0 Å². The molecule has 3 nitrogen and oxygen atoms in total. The first kappa shape index (κ1) is 10.8. The van der Waals surface area contributed by atoms with Crippen molar-refractivity contribution in [3.63, 3.8) is 0 Å². The highest BCUT2D eigenvalue weighted by Crippen LogP contribution is 2.09. The summed E-state index contributed by atoms with van der Waals surface area (Å²) in [4.78, 5) is 8.02. The molecule has 1 N–H and O–H groups in total. The molecule has 0 saturated heterocycles. The second kappa shape index (κ2) is 6.21. The molecule has 0 aromatic carbocycles. The van der Waals surface area contributed by atoms with Crippen molar-refractivity contribution in [2.75, 3.05) is 23.9 Å². The summed E-state index contributed by atoms with van der Waals surface area (Å²) in [5.41, 5.74) is 0. The number of thioether (sulfide) groups is 1. The molecule has 0 saturated carbocycles. The first-order valence-electron chi connectivity index (χ1n) is 4.03. The molecule has 0 fully saturated rings. The van der Waals surface area contributed by atoms with Gasteiger partial charge in [-0.2, -0.15) is 11.8 Å². The number of rotatable bonds is 5. The molecular weight excluding hydrogens is 250 g/mol. The SMILES string of the molecule is CSCCCNc1cc(Br)ncn1. The van der Waals surface area contributed by atoms with Gasteiger partial charge in [-0.3, -0.25) is 0 Å². The highest BCUT2D eigenvalue weighted by Gasteiger charge is 1.94. The summed E-state index contributed by atoms with van der Waals surface area (Å²) in [6.45, 7) is 0.963. The fraction of sp³-hybridized carbons (Fsp3) is 0.500. The monoisotopic (exact) mass is 261 g/mol. The third kappa shape index (κ3) is 4.47. The third-order valence-corrected chi connectivity index (χ3v) is 2.60. The zero-order valence-electron chi connectivity index (χ0n) is 7.46. The van der Waals surface area contributed by atoms with E-state index >= 15 is 0 Å². The number of nitrogens with zero attached hydrogens (tertiary/aromatic N) is 2. The zero-order valence-corrected chi connectivity index (χ0v) is 9.86. The molecule has 1 aromatic rings. The Kier molecular flexibility index (Phi) is 5.15. The number of nitrogens with one attached hydrogen (secondary N) is 1. The molecule has 0 bridgehead atoms. The molecule has 13 heavy (non-hydrogen) atoms. The highest BCUT2D eigenvalue weighted by molar-refractivity contribution is 9.10. The first-order chi connectivity index (χ1) is 6.33. The molecule has 5 heteroatoms. The van der Waals surface area contributed by atoms with Gasteiger partial charge in [-0.15, -0.1) is 0 Å². The van der Waals surface area contributed by atoms with E-state index in [4.69, 9.17) is 0 Å². The quantitative estimate of drug-likeness (QED) is 0.653. The van der Waals surface area contributed by atoms with Gasteiger partial charge in [0.2, 0.25) is 0 Å². The van der Waals surface area contributed by atoms with Gasteiger partial charge in [-0.1, -0.05) is 0 Å². The van der Waals surface area contributed by atoms with E-state index in [0.717, 1.165) is 23.4 Å². The van der Waals surface area contributed by atoms with Crippen LogP contribution in [0.4, 0.5) is 5.82 Å². The Hall–Kier alpha value is -0.290. The smallest absolute Gasteiger partial charge is 0.130 e. The molecule has 0 amide bonds. The number of aromatic nitrogens is 2. The standard InChI is InChI=1S/C8H12BrN3S/c1-13-4-2-3-10-8-5-7(9)11-6-12-8/h5-6H,2-4H2,1H3,(H,10,11,12). The number of hydrogen-bond acceptors (Lipinski definition) is 4. The van der Waals surface area contributed by atoms with E-state index in [-0.39, 0.29) is 0 Å². The van der Waals surface area contributed by atoms with Crippen molar-refractivity contribution in [2.45, 2.75) is 6.42 Å². The van der Waals surface area contributed by atoms with Crippen LogP contribution < -0.4 is 5.32 Å². The minimum atomic E-state index is 0.815. The molecule has 0 aliphatic rings. The van der Waals surface area contributed by atoms with Crippen LogP contribution in [0.15, 0.2) is 17.0 Å². The van der Waals surface area contributed by atoms with E-state index < -0.39 is 0 Å². The van der Waals surface area contributed by atoms with Crippen molar-refractivity contribution in [3.8, 4) is 0 Å². The molecule has 0 aliphatic heterocycles. The summed E-state index contributed by atoms with van der Waals surface area (Å²) < 4.78 is 0.815. The first-order valence-corrected chi connectivity index (χ1v) is 6.22. The maximum Gasteiger partial charge on any atom is 0.130 e. The Bertz CT molecular complexity index is 257. The molecular formula is C8H12BrN3S. The molecule has 72 valence electrons. The van der Waals surface area contributed by atoms with Crippen LogP contribution in [0.1, 0.15) is 6.42 Å². The Morgan fingerprint density at radius 1 is 1.54 bits per heavy atom. The molecule has 0 unspecified atom stereocenters. The minimum Gasteiger partial charge on any atom is -0.370 e. The van der Waals surface area contributed by atoms with Gasteiger partial charge in [0.25, 0.3) is 0 Å². The van der Waals surface area contributed by atoms with Crippen LogP contribution in [0.5, 0.6) is 0 Å². The van der Waals surface area contributed by atoms with E-state index in [1.807, 2.05) is 17.8 Å². The number of halogens is 1. The van der Waals surface area contributed by atoms with Gasteiger partial charge >= 0.3 is 0 Å². The Morgan fingerprint density at radius 2 is 2.38 bits per heavy atom. The predicted molar refractivity (Wildman–Crippen MR) is 61.2 cm³/mol. The second-order valence-corrected chi connectivity index (χ2v) is 4.30. The predicted octanol–water partition coefficient (Wildman–Crippen LogP) is 2.40. The van der Waals surface area contributed by atoms with Crippen molar-refractivity contribution in [2.24, 2.45) is 0 Å². The summed E-state index contributed by atoms with van der Waals surface area (Å²) in [7, 11) is 0. The van der Waals surface area contributed by atoms with Crippen molar-refractivity contribution in [1.29, 1.82) is 0 Å². The van der Waals surface area contributed by atoms with E-state index in [0.29, 0.717) is 0 Å². The van der Waals surface area contributed by atoms with Crippen LogP contribution in [0, 0.1) is 0 Å². The fourth-order valence-electron chi connectivity index (χ4n) is 0.863. The lowest BCUT2D eigenvalue weighted by molar-refractivity contribution is 0.974. The van der Waals surface area contributed by atoms with Crippen molar-refractivity contribution in [1.82, 2.24) is 9.97 Å². The molecule has 1 rings (SSSR count). The van der Waals surface area contributed by atoms with Crippen molar-refractivity contribution in [3.05, 3.63) is 17.0 Å². The van der Waals surface area contributed by atoms with Crippen LogP contribution in [0.2, 0.25) is 0 Å². The maximum absolute atomic E-state index is 4.08. The molecule has 1 aromatic heterocycles. The normalized spacial score (nSPS) is 10.0. The van der Waals surface area contributed by atoms with Crippen LogP contribution in [0.25, 0.3) is 0 Å². The highest BCUT2D eigenvalue weighted by atomic mass is 79.9. The summed E-state index contributed by atoms with van der Waals surface area (Å²) in [5, 5.41) is 3.23. The van der Waals surface area contributed by atoms with Gasteiger partial charge in [0.1, 0.15) is 16.7 Å². The molecule has 1 heterocycles. The zero-order chi connectivity index (χ0) is 9.52. The van der Waals surface area contributed by atoms with Crippen molar-refractivity contribution >= 4 is 33.5 Å². The average Bonchev–Trinajstić information content (AvgIpc) is 2.13. The lowest BCUT2D eigenvalue weighted by Crippen LogP contribution is -2.04. The van der Waals surface area contributed by atoms with Gasteiger partial charge in [-0.05, 0) is 34.4 Å². The summed E-state index contributed by atoms with van der Waals surface area (Å²) in [5.74, 6) is 2.06. The lowest BCUT2D eigenvalue weighted by atomic mass is 10.4. The van der Waals surface area contributed by atoms with Crippen LogP contribution >= 0.6 is 27.7 Å². The fourth-order valence-corrected chi connectivity index (χ4v) is 1.60. The molecule has 0 atom stereocenters.